The average Bonchev–Trinajstić information content (AvgIpc) is 2.50. The normalized spacial score (nSPS) is 15.5. The fourth-order valence-electron chi connectivity index (χ4n) is 2.46. The van der Waals surface area contributed by atoms with E-state index in [0.29, 0.717) is 0 Å². The molecule has 0 unspecified atom stereocenters. The largest absolute Gasteiger partial charge is 0.346 e. The van der Waals surface area contributed by atoms with Gasteiger partial charge in [-0.05, 0) is 11.1 Å². The Bertz CT molecular complexity index is 551. The zero-order chi connectivity index (χ0) is 13.6. The monoisotopic (exact) mass is 265 g/mol. The Labute approximate surface area is 120 Å². The summed E-state index contributed by atoms with van der Waals surface area (Å²) < 4.78 is 0. The Morgan fingerprint density at radius 3 is 2.05 bits per heavy atom. The molecule has 0 radical (unpaired) electrons. The van der Waals surface area contributed by atoms with Crippen LogP contribution in [0.15, 0.2) is 65.7 Å². The molecule has 0 fully saturated rings. The van der Waals surface area contributed by atoms with Gasteiger partial charge in [0, 0.05) is 13.1 Å². The third kappa shape index (κ3) is 3.45. The summed E-state index contributed by atoms with van der Waals surface area (Å²) in [6, 6.07) is 21.1. The van der Waals surface area contributed by atoms with Crippen molar-refractivity contribution in [3.05, 3.63) is 71.8 Å². The van der Waals surface area contributed by atoms with Gasteiger partial charge < -0.3 is 4.90 Å². The maximum Gasteiger partial charge on any atom is 0.0943 e. The molecule has 0 atom stereocenters. The van der Waals surface area contributed by atoms with Crippen LogP contribution in [0.4, 0.5) is 0 Å². The van der Waals surface area contributed by atoms with Crippen molar-refractivity contribution in [3.63, 3.8) is 0 Å². The molecule has 0 spiro atoms. The van der Waals surface area contributed by atoms with E-state index in [2.05, 4.69) is 75.5 Å². The molecule has 0 aliphatic carbocycles. The summed E-state index contributed by atoms with van der Waals surface area (Å²) in [6.07, 6.45) is 1.97. The lowest BCUT2D eigenvalue weighted by Crippen LogP contribution is -2.40. The summed E-state index contributed by atoms with van der Waals surface area (Å²) in [4.78, 5) is 9.06. The summed E-state index contributed by atoms with van der Waals surface area (Å²) >= 11 is 0. The van der Waals surface area contributed by atoms with E-state index in [1.54, 1.807) is 0 Å². The second-order valence-electron chi connectivity index (χ2n) is 5.13. The minimum atomic E-state index is 0.778. The zero-order valence-electron chi connectivity index (χ0n) is 11.5. The Morgan fingerprint density at radius 1 is 0.800 bits per heavy atom. The van der Waals surface area contributed by atoms with Gasteiger partial charge in [-0.25, -0.2) is 0 Å². The van der Waals surface area contributed by atoms with Crippen LogP contribution >= 0.6 is 0 Å². The Hall–Kier alpha value is -2.13. The number of nitrogens with zero attached hydrogens (tertiary/aromatic N) is 3. The van der Waals surface area contributed by atoms with Crippen LogP contribution in [0.1, 0.15) is 11.1 Å². The van der Waals surface area contributed by atoms with Crippen molar-refractivity contribution in [1.29, 1.82) is 0 Å². The van der Waals surface area contributed by atoms with Crippen LogP contribution in [0.3, 0.4) is 0 Å². The molecule has 3 nitrogen and oxygen atoms in total. The molecule has 3 heteroatoms. The molecule has 102 valence electrons. The third-order valence-electron chi connectivity index (χ3n) is 3.39. The average molecular weight is 265 g/mol. The van der Waals surface area contributed by atoms with Gasteiger partial charge in [0.1, 0.15) is 0 Å². The maximum atomic E-state index is 4.46. The number of hydrogen-bond donors (Lipinski definition) is 0. The first-order valence-corrected chi connectivity index (χ1v) is 6.94. The van der Waals surface area contributed by atoms with Crippen LogP contribution < -0.4 is 0 Å². The van der Waals surface area contributed by atoms with Gasteiger partial charge in [0.15, 0.2) is 0 Å². The van der Waals surface area contributed by atoms with Gasteiger partial charge in [-0.3, -0.25) is 9.89 Å². The molecule has 2 aromatic rings. The van der Waals surface area contributed by atoms with Gasteiger partial charge in [-0.2, -0.15) is 0 Å². The van der Waals surface area contributed by atoms with E-state index in [0.717, 1.165) is 26.4 Å². The smallest absolute Gasteiger partial charge is 0.0943 e. The first kappa shape index (κ1) is 12.9. The number of hydrogen-bond acceptors (Lipinski definition) is 3. The summed E-state index contributed by atoms with van der Waals surface area (Å²) in [7, 11) is 0. The van der Waals surface area contributed by atoms with Crippen molar-refractivity contribution < 1.29 is 0 Å². The van der Waals surface area contributed by atoms with Gasteiger partial charge in [0.2, 0.25) is 0 Å². The highest BCUT2D eigenvalue weighted by Crippen LogP contribution is 2.10. The second-order valence-corrected chi connectivity index (χ2v) is 5.13. The standard InChI is InChI=1S/C17H19N3/c1-3-7-16(8-4-1)11-19-13-18-14-20(15-19)12-17-9-5-2-6-10-17/h1-10,13H,11-12,14-15H2. The Balaban J connectivity index is 1.59. The lowest BCUT2D eigenvalue weighted by atomic mass is 10.2. The zero-order valence-corrected chi connectivity index (χ0v) is 11.5. The van der Waals surface area contributed by atoms with E-state index in [-0.39, 0.29) is 0 Å². The molecular formula is C17H19N3. The highest BCUT2D eigenvalue weighted by molar-refractivity contribution is 5.55. The number of rotatable bonds is 4. The van der Waals surface area contributed by atoms with E-state index >= 15 is 0 Å². The first-order chi connectivity index (χ1) is 9.90. The molecule has 3 rings (SSSR count). The van der Waals surface area contributed by atoms with Crippen LogP contribution in [-0.2, 0) is 13.1 Å². The van der Waals surface area contributed by atoms with E-state index < -0.39 is 0 Å². The fraction of sp³-hybridized carbons (Fsp3) is 0.235. The van der Waals surface area contributed by atoms with Crippen LogP contribution in [-0.4, -0.2) is 29.5 Å². The van der Waals surface area contributed by atoms with Gasteiger partial charge in [-0.15, -0.1) is 0 Å². The van der Waals surface area contributed by atoms with Crippen molar-refractivity contribution in [2.24, 2.45) is 4.99 Å². The highest BCUT2D eigenvalue weighted by atomic mass is 15.4. The van der Waals surface area contributed by atoms with E-state index in [4.69, 9.17) is 0 Å². The van der Waals surface area contributed by atoms with Crippen LogP contribution in [0.2, 0.25) is 0 Å². The van der Waals surface area contributed by atoms with Crippen molar-refractivity contribution >= 4 is 6.34 Å². The molecule has 1 aliphatic rings. The summed E-state index contributed by atoms with van der Waals surface area (Å²) in [5, 5.41) is 0. The quantitative estimate of drug-likeness (QED) is 0.846. The summed E-state index contributed by atoms with van der Waals surface area (Å²) in [5.41, 5.74) is 2.66. The fourth-order valence-corrected chi connectivity index (χ4v) is 2.46. The minimum Gasteiger partial charge on any atom is -0.346 e. The van der Waals surface area contributed by atoms with Gasteiger partial charge in [-0.1, -0.05) is 60.7 Å². The molecule has 0 aromatic heterocycles. The molecule has 0 saturated heterocycles. The minimum absolute atomic E-state index is 0.778. The SMILES string of the molecule is C1=NCN(Cc2ccccc2)CN1Cc1ccccc1. The predicted octanol–water partition coefficient (Wildman–Crippen LogP) is 2.95. The molecule has 0 amide bonds. The number of benzene rings is 2. The lowest BCUT2D eigenvalue weighted by molar-refractivity contribution is 0.166. The Morgan fingerprint density at radius 2 is 1.40 bits per heavy atom. The van der Waals surface area contributed by atoms with E-state index in [1.807, 2.05) is 6.34 Å². The van der Waals surface area contributed by atoms with Crippen molar-refractivity contribution in [1.82, 2.24) is 9.80 Å². The third-order valence-corrected chi connectivity index (χ3v) is 3.39. The highest BCUT2D eigenvalue weighted by Gasteiger charge is 2.13. The predicted molar refractivity (Wildman–Crippen MR) is 82.2 cm³/mol. The molecule has 1 aliphatic heterocycles. The Kier molecular flexibility index (Phi) is 4.09. The molecule has 1 heterocycles. The first-order valence-electron chi connectivity index (χ1n) is 6.94. The van der Waals surface area contributed by atoms with E-state index in [1.165, 1.54) is 11.1 Å². The molecule has 2 aromatic carbocycles. The summed E-state index contributed by atoms with van der Waals surface area (Å²) in [6.45, 7) is 3.56. The topological polar surface area (TPSA) is 18.8 Å². The lowest BCUT2D eigenvalue weighted by Gasteiger charge is -2.31. The van der Waals surface area contributed by atoms with Gasteiger partial charge in [0.25, 0.3) is 0 Å². The second kappa shape index (κ2) is 6.35. The molecular weight excluding hydrogens is 246 g/mol. The van der Waals surface area contributed by atoms with Crippen molar-refractivity contribution in [3.8, 4) is 0 Å². The van der Waals surface area contributed by atoms with Crippen molar-refractivity contribution in [2.45, 2.75) is 13.1 Å². The van der Waals surface area contributed by atoms with Crippen molar-refractivity contribution in [2.75, 3.05) is 13.3 Å². The summed E-state index contributed by atoms with van der Waals surface area (Å²) in [5.74, 6) is 0. The van der Waals surface area contributed by atoms with Gasteiger partial charge >= 0.3 is 0 Å². The van der Waals surface area contributed by atoms with E-state index in [9.17, 15) is 0 Å². The molecule has 0 saturated carbocycles. The maximum absolute atomic E-state index is 4.46. The van der Waals surface area contributed by atoms with Crippen LogP contribution in [0.25, 0.3) is 0 Å². The van der Waals surface area contributed by atoms with Gasteiger partial charge in [0.05, 0.1) is 19.7 Å². The molecule has 0 N–H and O–H groups in total. The van der Waals surface area contributed by atoms with Crippen LogP contribution in [0, 0.1) is 0 Å². The van der Waals surface area contributed by atoms with Crippen LogP contribution in [0.5, 0.6) is 0 Å². The molecule has 20 heavy (non-hydrogen) atoms. The molecule has 0 bridgehead atoms. The number of aliphatic imine (C=N–C) groups is 1.